The van der Waals surface area contributed by atoms with Crippen molar-refractivity contribution in [2.45, 2.75) is 25.9 Å². The predicted molar refractivity (Wildman–Crippen MR) is 120 cm³/mol. The van der Waals surface area contributed by atoms with Crippen LogP contribution in [0.3, 0.4) is 0 Å². The molecule has 4 heterocycles. The summed E-state index contributed by atoms with van der Waals surface area (Å²) >= 11 is 0. The zero-order chi connectivity index (χ0) is 21.9. The highest BCUT2D eigenvalue weighted by Gasteiger charge is 2.17. The number of carbonyl (C=O) groups excluding carboxylic acids is 1. The molecule has 4 aromatic rings. The summed E-state index contributed by atoms with van der Waals surface area (Å²) in [6.45, 7) is 3.22. The second-order valence-corrected chi connectivity index (χ2v) is 7.72. The number of benzene rings is 1. The van der Waals surface area contributed by atoms with E-state index in [0.29, 0.717) is 23.7 Å². The average molecular weight is 429 g/mol. The highest BCUT2D eigenvalue weighted by molar-refractivity contribution is 5.94. The molecule has 1 aliphatic rings. The van der Waals surface area contributed by atoms with Crippen molar-refractivity contribution in [3.63, 3.8) is 0 Å². The molecule has 32 heavy (non-hydrogen) atoms. The van der Waals surface area contributed by atoms with Crippen molar-refractivity contribution in [3.05, 3.63) is 66.1 Å². The molecule has 9 nitrogen and oxygen atoms in total. The first-order valence-electron chi connectivity index (χ1n) is 10.6. The van der Waals surface area contributed by atoms with Gasteiger partial charge in [-0.15, -0.1) is 5.10 Å². The summed E-state index contributed by atoms with van der Waals surface area (Å²) in [4.78, 5) is 25.6. The average Bonchev–Trinajstić information content (AvgIpc) is 3.48. The Bertz CT molecular complexity index is 1230. The second kappa shape index (κ2) is 8.72. The van der Waals surface area contributed by atoms with E-state index in [1.165, 1.54) is 0 Å². The van der Waals surface area contributed by atoms with Gasteiger partial charge in [-0.05, 0) is 56.2 Å². The number of amides is 1. The number of hydrogen-bond acceptors (Lipinski definition) is 7. The lowest BCUT2D eigenvalue weighted by molar-refractivity contribution is 0.0858. The molecular weight excluding hydrogens is 406 g/mol. The lowest BCUT2D eigenvalue weighted by atomic mass is 10.2. The van der Waals surface area contributed by atoms with E-state index in [0.717, 1.165) is 42.2 Å². The molecule has 1 amide bonds. The van der Waals surface area contributed by atoms with Gasteiger partial charge < -0.3 is 15.4 Å². The van der Waals surface area contributed by atoms with Crippen LogP contribution in [0.25, 0.3) is 17.2 Å². The van der Waals surface area contributed by atoms with Crippen molar-refractivity contribution >= 4 is 23.2 Å². The molecule has 2 N–H and O–H groups in total. The first-order valence-corrected chi connectivity index (χ1v) is 10.6. The number of aromatic nitrogens is 5. The van der Waals surface area contributed by atoms with E-state index in [1.54, 1.807) is 29.0 Å². The summed E-state index contributed by atoms with van der Waals surface area (Å²) in [5, 5.41) is 10.9. The van der Waals surface area contributed by atoms with Crippen LogP contribution in [0.4, 0.5) is 11.5 Å². The molecule has 0 radical (unpaired) electrons. The molecule has 0 aliphatic carbocycles. The molecular formula is C23H23N7O2. The quantitative estimate of drug-likeness (QED) is 0.485. The van der Waals surface area contributed by atoms with E-state index < -0.39 is 0 Å². The molecule has 1 saturated heterocycles. The van der Waals surface area contributed by atoms with E-state index in [-0.39, 0.29) is 12.0 Å². The normalized spacial score (nSPS) is 15.7. The van der Waals surface area contributed by atoms with Crippen LogP contribution in [0.15, 0.2) is 54.9 Å². The van der Waals surface area contributed by atoms with Crippen molar-refractivity contribution in [2.24, 2.45) is 0 Å². The smallest absolute Gasteiger partial charge is 0.254 e. The van der Waals surface area contributed by atoms with Gasteiger partial charge in [0.15, 0.2) is 5.82 Å². The number of fused-ring (bicyclic) bond motifs is 1. The molecule has 1 aromatic carbocycles. The summed E-state index contributed by atoms with van der Waals surface area (Å²) in [6.07, 6.45) is 5.60. The van der Waals surface area contributed by atoms with Crippen molar-refractivity contribution < 1.29 is 9.53 Å². The largest absolute Gasteiger partial charge is 0.376 e. The van der Waals surface area contributed by atoms with Crippen LogP contribution in [0.1, 0.15) is 28.9 Å². The van der Waals surface area contributed by atoms with E-state index in [4.69, 9.17) is 4.74 Å². The van der Waals surface area contributed by atoms with Gasteiger partial charge in [0.1, 0.15) is 5.82 Å². The summed E-state index contributed by atoms with van der Waals surface area (Å²) in [6, 6.07) is 13.0. The van der Waals surface area contributed by atoms with Crippen LogP contribution >= 0.6 is 0 Å². The predicted octanol–water partition coefficient (Wildman–Crippen LogP) is 3.15. The lowest BCUT2D eigenvalue weighted by Crippen LogP contribution is -2.31. The van der Waals surface area contributed by atoms with E-state index in [9.17, 15) is 4.79 Å². The van der Waals surface area contributed by atoms with Gasteiger partial charge in [-0.25, -0.2) is 4.98 Å². The van der Waals surface area contributed by atoms with Crippen molar-refractivity contribution in [1.29, 1.82) is 0 Å². The number of hydrogen-bond donors (Lipinski definition) is 2. The Morgan fingerprint density at radius 2 is 2.09 bits per heavy atom. The molecule has 162 valence electrons. The number of ether oxygens (including phenoxy) is 1. The monoisotopic (exact) mass is 429 g/mol. The minimum Gasteiger partial charge on any atom is -0.376 e. The third-order valence-corrected chi connectivity index (χ3v) is 5.29. The molecule has 1 aliphatic heterocycles. The molecule has 0 bridgehead atoms. The Kier molecular flexibility index (Phi) is 5.47. The standard InChI is InChI=1S/C23H23N7O2/c1-15-12-20(30-23(26-15)28-21(29-30)17-4-2-10-24-13-17)27-18-8-6-16(7-9-18)22(31)25-14-19-5-3-11-32-19/h2,4,6-10,12-13,19,27H,3,5,11,14H2,1H3,(H,25,31)/t19-/m0/s1. The number of aryl methyl sites for hydroxylation is 1. The zero-order valence-electron chi connectivity index (χ0n) is 17.7. The van der Waals surface area contributed by atoms with E-state index in [1.807, 2.05) is 37.3 Å². The summed E-state index contributed by atoms with van der Waals surface area (Å²) in [5.41, 5.74) is 3.06. The maximum absolute atomic E-state index is 12.4. The minimum atomic E-state index is -0.105. The third-order valence-electron chi connectivity index (χ3n) is 5.29. The van der Waals surface area contributed by atoms with Crippen LogP contribution in [-0.2, 0) is 4.74 Å². The molecule has 1 fully saturated rings. The number of carbonyl (C=O) groups is 1. The van der Waals surface area contributed by atoms with Gasteiger partial charge in [-0.1, -0.05) is 0 Å². The number of nitrogens with zero attached hydrogens (tertiary/aromatic N) is 5. The fourth-order valence-electron chi connectivity index (χ4n) is 3.66. The lowest BCUT2D eigenvalue weighted by Gasteiger charge is -2.12. The third kappa shape index (κ3) is 4.28. The molecule has 3 aromatic heterocycles. The molecule has 5 rings (SSSR count). The van der Waals surface area contributed by atoms with Gasteiger partial charge in [0.05, 0.1) is 6.10 Å². The van der Waals surface area contributed by atoms with Crippen LogP contribution < -0.4 is 10.6 Å². The molecule has 9 heteroatoms. The Balaban J connectivity index is 1.33. The highest BCUT2D eigenvalue weighted by Crippen LogP contribution is 2.21. The number of pyridine rings is 1. The zero-order valence-corrected chi connectivity index (χ0v) is 17.7. The summed E-state index contributed by atoms with van der Waals surface area (Å²) in [5.74, 6) is 1.67. The van der Waals surface area contributed by atoms with Crippen molar-refractivity contribution in [2.75, 3.05) is 18.5 Å². The van der Waals surface area contributed by atoms with E-state index >= 15 is 0 Å². The van der Waals surface area contributed by atoms with Crippen LogP contribution in [-0.4, -0.2) is 49.7 Å². The summed E-state index contributed by atoms with van der Waals surface area (Å²) in [7, 11) is 0. The molecule has 0 saturated carbocycles. The highest BCUT2D eigenvalue weighted by atomic mass is 16.5. The van der Waals surface area contributed by atoms with Crippen LogP contribution in [0.5, 0.6) is 0 Å². The van der Waals surface area contributed by atoms with Gasteiger partial charge in [0, 0.05) is 54.1 Å². The van der Waals surface area contributed by atoms with Gasteiger partial charge in [0.25, 0.3) is 11.7 Å². The van der Waals surface area contributed by atoms with Crippen molar-refractivity contribution in [3.8, 4) is 11.4 Å². The number of anilines is 2. The van der Waals surface area contributed by atoms with Crippen LogP contribution in [0, 0.1) is 6.92 Å². The molecule has 0 spiro atoms. The van der Waals surface area contributed by atoms with Crippen LogP contribution in [0.2, 0.25) is 0 Å². The Morgan fingerprint density at radius 3 is 2.84 bits per heavy atom. The molecule has 0 unspecified atom stereocenters. The minimum absolute atomic E-state index is 0.105. The Hall–Kier alpha value is -3.85. The molecule has 1 atom stereocenters. The van der Waals surface area contributed by atoms with Gasteiger partial charge >= 0.3 is 0 Å². The van der Waals surface area contributed by atoms with Crippen molar-refractivity contribution in [1.82, 2.24) is 29.9 Å². The van der Waals surface area contributed by atoms with Gasteiger partial charge in [0.2, 0.25) is 0 Å². The number of nitrogens with one attached hydrogen (secondary N) is 2. The second-order valence-electron chi connectivity index (χ2n) is 7.72. The fourth-order valence-corrected chi connectivity index (χ4v) is 3.66. The maximum atomic E-state index is 12.4. The van der Waals surface area contributed by atoms with Gasteiger partial charge in [-0.3, -0.25) is 9.78 Å². The Labute approximate surface area is 184 Å². The van der Waals surface area contributed by atoms with E-state index in [2.05, 4.69) is 30.7 Å². The first-order chi connectivity index (χ1) is 15.7. The maximum Gasteiger partial charge on any atom is 0.254 e. The fraction of sp³-hybridized carbons (Fsp3) is 0.261. The number of rotatable bonds is 6. The van der Waals surface area contributed by atoms with Gasteiger partial charge in [-0.2, -0.15) is 9.50 Å². The SMILES string of the molecule is Cc1cc(Nc2ccc(C(=O)NC[C@@H]3CCCO3)cc2)n2nc(-c3cccnc3)nc2n1. The topological polar surface area (TPSA) is 106 Å². The summed E-state index contributed by atoms with van der Waals surface area (Å²) < 4.78 is 7.22. The first kappa shape index (κ1) is 20.1. The Morgan fingerprint density at radius 1 is 1.22 bits per heavy atom.